The van der Waals surface area contributed by atoms with Crippen LogP contribution in [0.15, 0.2) is 22.7 Å². The van der Waals surface area contributed by atoms with Crippen LogP contribution in [-0.2, 0) is 6.42 Å². The number of rotatable bonds is 4. The van der Waals surface area contributed by atoms with E-state index in [1.165, 1.54) is 30.4 Å². The maximum absolute atomic E-state index is 8.96. The summed E-state index contributed by atoms with van der Waals surface area (Å²) in [7, 11) is 0. The van der Waals surface area contributed by atoms with E-state index in [2.05, 4.69) is 46.4 Å². The molecule has 2 atom stereocenters. The van der Waals surface area contributed by atoms with E-state index in [9.17, 15) is 0 Å². The highest BCUT2D eigenvalue weighted by Gasteiger charge is 2.21. The van der Waals surface area contributed by atoms with E-state index in [1.54, 1.807) is 0 Å². The fourth-order valence-electron chi connectivity index (χ4n) is 2.56. The fourth-order valence-corrected chi connectivity index (χ4v) is 2.94. The zero-order valence-corrected chi connectivity index (χ0v) is 11.8. The van der Waals surface area contributed by atoms with Gasteiger partial charge < -0.3 is 10.4 Å². The number of fused-ring (bicyclic) bond motifs is 1. The summed E-state index contributed by atoms with van der Waals surface area (Å²) in [6.07, 6.45) is 4.45. The van der Waals surface area contributed by atoms with E-state index in [-0.39, 0.29) is 6.61 Å². The molecule has 2 rings (SSSR count). The van der Waals surface area contributed by atoms with Crippen molar-refractivity contribution in [3.8, 4) is 0 Å². The van der Waals surface area contributed by atoms with Gasteiger partial charge in [0.25, 0.3) is 0 Å². The summed E-state index contributed by atoms with van der Waals surface area (Å²) in [5.41, 5.74) is 2.89. The normalized spacial score (nSPS) is 21.0. The van der Waals surface area contributed by atoms with Crippen LogP contribution in [0.4, 0.5) is 0 Å². The fraction of sp³-hybridized carbons (Fsp3) is 0.571. The van der Waals surface area contributed by atoms with E-state index >= 15 is 0 Å². The van der Waals surface area contributed by atoms with Gasteiger partial charge in [-0.05, 0) is 55.9 Å². The Balaban J connectivity index is 2.13. The lowest BCUT2D eigenvalue weighted by atomic mass is 9.87. The molecular weight excluding hydrogens is 278 g/mol. The number of nitrogens with one attached hydrogen (secondary N) is 1. The van der Waals surface area contributed by atoms with Crippen LogP contribution in [-0.4, -0.2) is 17.8 Å². The van der Waals surface area contributed by atoms with Crippen LogP contribution < -0.4 is 5.32 Å². The Morgan fingerprint density at radius 2 is 2.35 bits per heavy atom. The minimum Gasteiger partial charge on any atom is -0.396 e. The molecule has 17 heavy (non-hydrogen) atoms. The number of halogens is 1. The third kappa shape index (κ3) is 3.30. The first-order chi connectivity index (χ1) is 8.20. The van der Waals surface area contributed by atoms with Gasteiger partial charge >= 0.3 is 0 Å². The molecule has 2 nitrogen and oxygen atoms in total. The number of aliphatic hydroxyl groups is 1. The molecule has 0 saturated heterocycles. The average Bonchev–Trinajstić information content (AvgIpc) is 2.30. The van der Waals surface area contributed by atoms with Crippen LogP contribution in [0.5, 0.6) is 0 Å². The van der Waals surface area contributed by atoms with Crippen molar-refractivity contribution in [2.24, 2.45) is 0 Å². The summed E-state index contributed by atoms with van der Waals surface area (Å²) in [5, 5.41) is 12.6. The van der Waals surface area contributed by atoms with Crippen LogP contribution in [0.2, 0.25) is 0 Å². The molecule has 1 aliphatic carbocycles. The Kier molecular flexibility index (Phi) is 4.60. The van der Waals surface area contributed by atoms with E-state index in [1.807, 2.05) is 0 Å². The van der Waals surface area contributed by atoms with Crippen molar-refractivity contribution in [1.82, 2.24) is 5.32 Å². The van der Waals surface area contributed by atoms with E-state index in [0.717, 1.165) is 10.9 Å². The van der Waals surface area contributed by atoms with E-state index in [4.69, 9.17) is 5.11 Å². The van der Waals surface area contributed by atoms with Crippen LogP contribution >= 0.6 is 15.9 Å². The number of aliphatic hydroxyl groups excluding tert-OH is 1. The minimum absolute atomic E-state index is 0.256. The zero-order chi connectivity index (χ0) is 12.3. The van der Waals surface area contributed by atoms with Crippen molar-refractivity contribution in [3.05, 3.63) is 33.8 Å². The second kappa shape index (κ2) is 5.98. The number of hydrogen-bond acceptors (Lipinski definition) is 2. The van der Waals surface area contributed by atoms with Gasteiger partial charge in [-0.3, -0.25) is 0 Å². The van der Waals surface area contributed by atoms with Gasteiger partial charge in [0.15, 0.2) is 0 Å². The molecule has 0 radical (unpaired) electrons. The molecule has 0 amide bonds. The summed E-state index contributed by atoms with van der Waals surface area (Å²) >= 11 is 3.55. The average molecular weight is 298 g/mol. The maximum Gasteiger partial charge on any atom is 0.0445 e. The molecular formula is C14H20BrNO. The number of aryl methyl sites for hydroxylation is 1. The summed E-state index contributed by atoms with van der Waals surface area (Å²) in [4.78, 5) is 0. The zero-order valence-electron chi connectivity index (χ0n) is 10.2. The van der Waals surface area contributed by atoms with Crippen LogP contribution in [0, 0.1) is 0 Å². The Bertz CT molecular complexity index is 380. The van der Waals surface area contributed by atoms with Crippen molar-refractivity contribution in [2.75, 3.05) is 6.61 Å². The third-order valence-electron chi connectivity index (χ3n) is 3.47. The molecule has 1 aromatic rings. The monoisotopic (exact) mass is 297 g/mol. The highest BCUT2D eigenvalue weighted by molar-refractivity contribution is 9.10. The molecule has 0 aromatic heterocycles. The first-order valence-corrected chi connectivity index (χ1v) is 7.15. The highest BCUT2D eigenvalue weighted by atomic mass is 79.9. The molecule has 0 fully saturated rings. The molecule has 0 bridgehead atoms. The van der Waals surface area contributed by atoms with Crippen molar-refractivity contribution < 1.29 is 5.11 Å². The molecule has 0 aliphatic heterocycles. The standard InChI is InChI=1S/C14H20BrNO/c1-10(7-8-17)16-14-4-2-3-11-5-6-12(15)9-13(11)14/h5-6,9-10,14,16-17H,2-4,7-8H2,1H3/t10-,14?/m1/s1. The summed E-state index contributed by atoms with van der Waals surface area (Å²) in [6.45, 7) is 2.40. The number of benzene rings is 1. The molecule has 2 N–H and O–H groups in total. The van der Waals surface area contributed by atoms with E-state index in [0.29, 0.717) is 12.1 Å². The Hall–Kier alpha value is -0.380. The first kappa shape index (κ1) is 13.1. The lowest BCUT2D eigenvalue weighted by molar-refractivity contribution is 0.260. The largest absolute Gasteiger partial charge is 0.396 e. The van der Waals surface area contributed by atoms with Gasteiger partial charge in [-0.25, -0.2) is 0 Å². The molecule has 0 heterocycles. The van der Waals surface area contributed by atoms with Crippen molar-refractivity contribution in [2.45, 2.75) is 44.7 Å². The highest BCUT2D eigenvalue weighted by Crippen LogP contribution is 2.32. The van der Waals surface area contributed by atoms with Gasteiger partial charge in [-0.15, -0.1) is 0 Å². The topological polar surface area (TPSA) is 32.3 Å². The summed E-state index contributed by atoms with van der Waals surface area (Å²) in [5.74, 6) is 0. The Morgan fingerprint density at radius 1 is 1.53 bits per heavy atom. The van der Waals surface area contributed by atoms with Gasteiger partial charge in [0.1, 0.15) is 0 Å². The van der Waals surface area contributed by atoms with Gasteiger partial charge in [-0.2, -0.15) is 0 Å². The molecule has 1 aliphatic rings. The molecule has 0 saturated carbocycles. The van der Waals surface area contributed by atoms with Crippen molar-refractivity contribution in [3.63, 3.8) is 0 Å². The molecule has 1 aromatic carbocycles. The minimum atomic E-state index is 0.256. The predicted molar refractivity (Wildman–Crippen MR) is 74.1 cm³/mol. The second-order valence-electron chi connectivity index (χ2n) is 4.87. The second-order valence-corrected chi connectivity index (χ2v) is 5.78. The summed E-state index contributed by atoms with van der Waals surface area (Å²) in [6, 6.07) is 7.40. The maximum atomic E-state index is 8.96. The smallest absolute Gasteiger partial charge is 0.0445 e. The van der Waals surface area contributed by atoms with Crippen LogP contribution in [0.3, 0.4) is 0 Å². The van der Waals surface area contributed by atoms with Gasteiger partial charge in [0, 0.05) is 23.2 Å². The summed E-state index contributed by atoms with van der Waals surface area (Å²) < 4.78 is 1.15. The Labute approximate surface area is 112 Å². The van der Waals surface area contributed by atoms with Gasteiger partial charge in [-0.1, -0.05) is 22.0 Å². The SMILES string of the molecule is C[C@H](CCO)NC1CCCc2ccc(Br)cc21. The van der Waals surface area contributed by atoms with Crippen molar-refractivity contribution in [1.29, 1.82) is 0 Å². The molecule has 0 spiro atoms. The van der Waals surface area contributed by atoms with Gasteiger partial charge in [0.2, 0.25) is 0 Å². The molecule has 3 heteroatoms. The van der Waals surface area contributed by atoms with E-state index < -0.39 is 0 Å². The predicted octanol–water partition coefficient (Wildman–Crippen LogP) is 3.19. The van der Waals surface area contributed by atoms with Gasteiger partial charge in [0.05, 0.1) is 0 Å². The van der Waals surface area contributed by atoms with Crippen molar-refractivity contribution >= 4 is 15.9 Å². The lowest BCUT2D eigenvalue weighted by Gasteiger charge is -2.29. The van der Waals surface area contributed by atoms with Crippen LogP contribution in [0.25, 0.3) is 0 Å². The third-order valence-corrected chi connectivity index (χ3v) is 3.96. The molecule has 94 valence electrons. The molecule has 1 unspecified atom stereocenters. The number of hydrogen-bond donors (Lipinski definition) is 2. The Morgan fingerprint density at radius 3 is 3.12 bits per heavy atom. The first-order valence-electron chi connectivity index (χ1n) is 6.36. The van der Waals surface area contributed by atoms with Crippen LogP contribution in [0.1, 0.15) is 43.4 Å². The quantitative estimate of drug-likeness (QED) is 0.895. The lowest BCUT2D eigenvalue weighted by Crippen LogP contribution is -2.33.